The molecule has 2 bridgehead atoms. The predicted octanol–water partition coefficient (Wildman–Crippen LogP) is 3.59. The number of piperidine rings is 1. The van der Waals surface area contributed by atoms with Gasteiger partial charge in [-0.3, -0.25) is 4.79 Å². The van der Waals surface area contributed by atoms with Crippen molar-refractivity contribution in [2.45, 2.75) is 50.6 Å². The molecule has 1 aromatic carbocycles. The second kappa shape index (κ2) is 8.45. The van der Waals surface area contributed by atoms with E-state index >= 15 is 0 Å². The number of carbonyl (C=O) groups is 1. The van der Waals surface area contributed by atoms with E-state index in [1.807, 2.05) is 0 Å². The van der Waals surface area contributed by atoms with E-state index in [0.29, 0.717) is 43.0 Å². The Labute approximate surface area is 151 Å². The minimum absolute atomic E-state index is 0. The average Bonchev–Trinajstić information content (AvgIpc) is 2.81. The molecule has 3 nitrogen and oxygen atoms in total. The summed E-state index contributed by atoms with van der Waals surface area (Å²) in [6.45, 7) is 0.490. The van der Waals surface area contributed by atoms with Crippen molar-refractivity contribution in [3.63, 3.8) is 0 Å². The smallest absolute Gasteiger partial charge is 0.220 e. The van der Waals surface area contributed by atoms with Crippen LogP contribution < -0.4 is 10.6 Å². The Bertz CT molecular complexity index is 545. The number of halogens is 3. The summed E-state index contributed by atoms with van der Waals surface area (Å²) >= 11 is 3.34. The van der Waals surface area contributed by atoms with Gasteiger partial charge < -0.3 is 10.6 Å². The highest BCUT2D eigenvalue weighted by Gasteiger charge is 2.34. The first-order valence-electron chi connectivity index (χ1n) is 8.07. The molecule has 2 aliphatic heterocycles. The van der Waals surface area contributed by atoms with Crippen molar-refractivity contribution >= 4 is 34.2 Å². The molecule has 2 aliphatic rings. The van der Waals surface area contributed by atoms with Gasteiger partial charge in [0.05, 0.1) is 0 Å². The molecular formula is C17H23BrClFN2O. The lowest BCUT2D eigenvalue weighted by atomic mass is 9.89. The summed E-state index contributed by atoms with van der Waals surface area (Å²) < 4.78 is 14.5. The van der Waals surface area contributed by atoms with Gasteiger partial charge in [-0.2, -0.15) is 0 Å². The van der Waals surface area contributed by atoms with E-state index in [4.69, 9.17) is 0 Å². The van der Waals surface area contributed by atoms with Crippen molar-refractivity contribution in [1.82, 2.24) is 10.6 Å². The zero-order valence-electron chi connectivity index (χ0n) is 13.0. The van der Waals surface area contributed by atoms with Crippen LogP contribution in [-0.2, 0) is 11.2 Å². The second-order valence-corrected chi connectivity index (χ2v) is 7.43. The van der Waals surface area contributed by atoms with Gasteiger partial charge in [-0.25, -0.2) is 4.39 Å². The van der Waals surface area contributed by atoms with Crippen LogP contribution in [0, 0.1) is 11.7 Å². The van der Waals surface area contributed by atoms with Gasteiger partial charge in [0.15, 0.2) is 0 Å². The summed E-state index contributed by atoms with van der Waals surface area (Å²) in [5, 5.41) is 6.53. The number of nitrogens with one attached hydrogen (secondary N) is 2. The molecule has 2 saturated heterocycles. The molecule has 0 saturated carbocycles. The molecule has 2 unspecified atom stereocenters. The Morgan fingerprint density at radius 2 is 2.00 bits per heavy atom. The summed E-state index contributed by atoms with van der Waals surface area (Å²) in [4.78, 5) is 12.1. The zero-order chi connectivity index (χ0) is 15.5. The first-order chi connectivity index (χ1) is 10.6. The number of amides is 1. The standard InChI is InChI=1S/C17H22BrFN2O.ClH/c18-13-1-4-16(19)12(10-13)5-6-20-17(22)9-11-7-14-2-3-15(8-11)21-14;/h1,4,10-11,14-15,21H,2-3,5-9H2,(H,20,22);1H. The molecule has 2 fully saturated rings. The molecule has 2 heterocycles. The molecule has 0 spiro atoms. The van der Waals surface area contributed by atoms with Crippen LogP contribution in [0.25, 0.3) is 0 Å². The number of carbonyl (C=O) groups excluding carboxylic acids is 1. The van der Waals surface area contributed by atoms with Gasteiger partial charge in [-0.15, -0.1) is 12.4 Å². The monoisotopic (exact) mass is 404 g/mol. The van der Waals surface area contributed by atoms with E-state index in [2.05, 4.69) is 26.6 Å². The van der Waals surface area contributed by atoms with Crippen LogP contribution in [0.15, 0.2) is 22.7 Å². The van der Waals surface area contributed by atoms with Gasteiger partial charge in [-0.1, -0.05) is 15.9 Å². The highest BCUT2D eigenvalue weighted by Crippen LogP contribution is 2.32. The van der Waals surface area contributed by atoms with E-state index in [1.54, 1.807) is 12.1 Å². The van der Waals surface area contributed by atoms with Gasteiger partial charge in [0, 0.05) is 29.5 Å². The van der Waals surface area contributed by atoms with E-state index in [0.717, 1.165) is 17.3 Å². The maximum atomic E-state index is 13.6. The van der Waals surface area contributed by atoms with Crippen LogP contribution in [0.2, 0.25) is 0 Å². The van der Waals surface area contributed by atoms with Crippen molar-refractivity contribution < 1.29 is 9.18 Å². The maximum Gasteiger partial charge on any atom is 0.220 e. The average molecular weight is 406 g/mol. The minimum Gasteiger partial charge on any atom is -0.356 e. The molecule has 0 aliphatic carbocycles. The molecule has 3 rings (SSSR count). The molecule has 128 valence electrons. The molecule has 6 heteroatoms. The molecule has 2 N–H and O–H groups in total. The van der Waals surface area contributed by atoms with E-state index < -0.39 is 0 Å². The van der Waals surface area contributed by atoms with Crippen LogP contribution >= 0.6 is 28.3 Å². The first kappa shape index (κ1) is 18.7. The molecule has 0 aromatic heterocycles. The fourth-order valence-corrected chi connectivity index (χ4v) is 4.16. The normalized spacial score (nSPS) is 25.7. The summed E-state index contributed by atoms with van der Waals surface area (Å²) in [5.74, 6) is 0.385. The van der Waals surface area contributed by atoms with E-state index in [-0.39, 0.29) is 24.1 Å². The Morgan fingerprint density at radius 1 is 1.30 bits per heavy atom. The topological polar surface area (TPSA) is 41.1 Å². The van der Waals surface area contributed by atoms with Crippen molar-refractivity contribution in [2.75, 3.05) is 6.54 Å². The third kappa shape index (κ3) is 5.16. The fraction of sp³-hybridized carbons (Fsp3) is 0.588. The third-order valence-electron chi connectivity index (χ3n) is 4.77. The van der Waals surface area contributed by atoms with Crippen LogP contribution in [0.4, 0.5) is 4.39 Å². The highest BCUT2D eigenvalue weighted by molar-refractivity contribution is 9.10. The summed E-state index contributed by atoms with van der Waals surface area (Å²) in [6.07, 6.45) is 5.87. The van der Waals surface area contributed by atoms with Crippen LogP contribution in [0.5, 0.6) is 0 Å². The van der Waals surface area contributed by atoms with Crippen molar-refractivity contribution in [2.24, 2.45) is 5.92 Å². The van der Waals surface area contributed by atoms with Crippen molar-refractivity contribution in [3.8, 4) is 0 Å². The Morgan fingerprint density at radius 3 is 2.70 bits per heavy atom. The number of benzene rings is 1. The number of rotatable bonds is 5. The third-order valence-corrected chi connectivity index (χ3v) is 5.26. The lowest BCUT2D eigenvalue weighted by molar-refractivity contribution is -0.122. The lowest BCUT2D eigenvalue weighted by Crippen LogP contribution is -2.39. The second-order valence-electron chi connectivity index (χ2n) is 6.52. The Balaban J connectivity index is 0.00000192. The van der Waals surface area contributed by atoms with Crippen LogP contribution in [-0.4, -0.2) is 24.5 Å². The van der Waals surface area contributed by atoms with Crippen LogP contribution in [0.1, 0.15) is 37.7 Å². The molecule has 0 radical (unpaired) electrons. The number of fused-ring (bicyclic) bond motifs is 2. The molecule has 23 heavy (non-hydrogen) atoms. The Hall–Kier alpha value is -0.650. The van der Waals surface area contributed by atoms with Crippen LogP contribution in [0.3, 0.4) is 0 Å². The fourth-order valence-electron chi connectivity index (χ4n) is 3.75. The SMILES string of the molecule is Cl.O=C(CC1CC2CCC(C1)N2)NCCc1cc(Br)ccc1F. The first-order valence-corrected chi connectivity index (χ1v) is 8.86. The number of hydrogen-bond acceptors (Lipinski definition) is 2. The summed E-state index contributed by atoms with van der Waals surface area (Å²) in [6, 6.07) is 6.14. The molecule has 1 aromatic rings. The quantitative estimate of drug-likeness (QED) is 0.786. The van der Waals surface area contributed by atoms with Gasteiger partial charge in [0.2, 0.25) is 5.91 Å². The molecule has 1 amide bonds. The van der Waals surface area contributed by atoms with E-state index in [1.165, 1.54) is 18.9 Å². The highest BCUT2D eigenvalue weighted by atomic mass is 79.9. The molecular weight excluding hydrogens is 383 g/mol. The summed E-state index contributed by atoms with van der Waals surface area (Å²) in [7, 11) is 0. The van der Waals surface area contributed by atoms with Gasteiger partial charge in [0.25, 0.3) is 0 Å². The number of hydrogen-bond donors (Lipinski definition) is 2. The molecule has 2 atom stereocenters. The van der Waals surface area contributed by atoms with Gasteiger partial charge in [0.1, 0.15) is 5.82 Å². The zero-order valence-corrected chi connectivity index (χ0v) is 15.4. The van der Waals surface area contributed by atoms with Gasteiger partial charge >= 0.3 is 0 Å². The van der Waals surface area contributed by atoms with Crippen molar-refractivity contribution in [1.29, 1.82) is 0 Å². The minimum atomic E-state index is -0.215. The van der Waals surface area contributed by atoms with Gasteiger partial charge in [-0.05, 0) is 61.8 Å². The lowest BCUT2D eigenvalue weighted by Gasteiger charge is -2.28. The van der Waals surface area contributed by atoms with E-state index in [9.17, 15) is 9.18 Å². The Kier molecular flexibility index (Phi) is 6.86. The largest absolute Gasteiger partial charge is 0.356 e. The predicted molar refractivity (Wildman–Crippen MR) is 95.3 cm³/mol. The summed E-state index contributed by atoms with van der Waals surface area (Å²) in [5.41, 5.74) is 0.634. The maximum absolute atomic E-state index is 13.6. The van der Waals surface area contributed by atoms with Crippen molar-refractivity contribution in [3.05, 3.63) is 34.1 Å².